The maximum atomic E-state index is 11.1. The standard InChI is InChI=1S/C17H19NO3/c1-2-10-20-16-7-6-14(13-19)17(12-16)21-11-8-15-5-3-4-9-18-15/h3-7,9,12-13H,2,8,10-11H2,1H3. The maximum absolute atomic E-state index is 11.1. The summed E-state index contributed by atoms with van der Waals surface area (Å²) >= 11 is 0. The molecule has 0 aliphatic rings. The van der Waals surface area contributed by atoms with Gasteiger partial charge >= 0.3 is 0 Å². The predicted molar refractivity (Wildman–Crippen MR) is 81.1 cm³/mol. The van der Waals surface area contributed by atoms with Gasteiger partial charge in [-0.2, -0.15) is 0 Å². The van der Waals surface area contributed by atoms with Gasteiger partial charge in [0, 0.05) is 24.4 Å². The zero-order valence-corrected chi connectivity index (χ0v) is 12.1. The van der Waals surface area contributed by atoms with Gasteiger partial charge < -0.3 is 9.47 Å². The van der Waals surface area contributed by atoms with Crippen LogP contribution in [-0.4, -0.2) is 24.5 Å². The zero-order chi connectivity index (χ0) is 14.9. The second-order valence-corrected chi connectivity index (χ2v) is 4.59. The molecule has 0 N–H and O–H groups in total. The lowest BCUT2D eigenvalue weighted by molar-refractivity contribution is 0.111. The van der Waals surface area contributed by atoms with Crippen LogP contribution < -0.4 is 9.47 Å². The van der Waals surface area contributed by atoms with Crippen LogP contribution in [0.3, 0.4) is 0 Å². The lowest BCUT2D eigenvalue weighted by Crippen LogP contribution is -2.05. The first-order chi connectivity index (χ1) is 10.3. The van der Waals surface area contributed by atoms with Gasteiger partial charge in [0.15, 0.2) is 6.29 Å². The van der Waals surface area contributed by atoms with E-state index in [0.29, 0.717) is 30.9 Å². The number of carbonyl (C=O) groups excluding carboxylic acids is 1. The van der Waals surface area contributed by atoms with E-state index < -0.39 is 0 Å². The number of hydrogen-bond acceptors (Lipinski definition) is 4. The van der Waals surface area contributed by atoms with Crippen molar-refractivity contribution in [2.45, 2.75) is 19.8 Å². The third kappa shape index (κ3) is 4.60. The van der Waals surface area contributed by atoms with Crippen LogP contribution in [0, 0.1) is 0 Å². The number of rotatable bonds is 8. The van der Waals surface area contributed by atoms with Crippen molar-refractivity contribution in [3.8, 4) is 11.5 Å². The molecule has 1 aromatic carbocycles. The van der Waals surface area contributed by atoms with Crippen LogP contribution in [0.2, 0.25) is 0 Å². The van der Waals surface area contributed by atoms with Gasteiger partial charge in [0.2, 0.25) is 0 Å². The lowest BCUT2D eigenvalue weighted by atomic mass is 10.2. The molecule has 0 fully saturated rings. The van der Waals surface area contributed by atoms with Crippen LogP contribution in [0.1, 0.15) is 29.4 Å². The van der Waals surface area contributed by atoms with Gasteiger partial charge in [-0.1, -0.05) is 13.0 Å². The molecule has 21 heavy (non-hydrogen) atoms. The summed E-state index contributed by atoms with van der Waals surface area (Å²) in [5.74, 6) is 1.27. The molecular formula is C17H19NO3. The van der Waals surface area contributed by atoms with Crippen LogP contribution in [0.5, 0.6) is 11.5 Å². The molecule has 0 unspecified atom stereocenters. The van der Waals surface area contributed by atoms with Crippen molar-refractivity contribution in [1.29, 1.82) is 0 Å². The minimum atomic E-state index is 0.467. The third-order valence-corrected chi connectivity index (χ3v) is 2.93. The Labute approximate surface area is 124 Å². The Hall–Kier alpha value is -2.36. The van der Waals surface area contributed by atoms with E-state index in [2.05, 4.69) is 4.98 Å². The average Bonchev–Trinajstić information content (AvgIpc) is 2.54. The Bertz CT molecular complexity index is 570. The summed E-state index contributed by atoms with van der Waals surface area (Å²) in [6.07, 6.45) is 4.18. The molecule has 1 heterocycles. The van der Waals surface area contributed by atoms with Gasteiger partial charge in [0.05, 0.1) is 18.8 Å². The number of benzene rings is 1. The minimum absolute atomic E-state index is 0.467. The maximum Gasteiger partial charge on any atom is 0.153 e. The highest BCUT2D eigenvalue weighted by Crippen LogP contribution is 2.24. The predicted octanol–water partition coefficient (Wildman–Crippen LogP) is 3.30. The van der Waals surface area contributed by atoms with E-state index in [1.54, 1.807) is 24.4 Å². The van der Waals surface area contributed by atoms with Crippen LogP contribution >= 0.6 is 0 Å². The van der Waals surface area contributed by atoms with Gasteiger partial charge in [0.1, 0.15) is 11.5 Å². The van der Waals surface area contributed by atoms with E-state index in [-0.39, 0.29) is 0 Å². The fourth-order valence-corrected chi connectivity index (χ4v) is 1.86. The number of aromatic nitrogens is 1. The summed E-state index contributed by atoms with van der Waals surface area (Å²) < 4.78 is 11.3. The van der Waals surface area contributed by atoms with E-state index in [1.165, 1.54) is 0 Å². The van der Waals surface area contributed by atoms with Crippen molar-refractivity contribution >= 4 is 6.29 Å². The molecule has 1 aromatic heterocycles. The molecular weight excluding hydrogens is 266 g/mol. The molecule has 0 aliphatic carbocycles. The largest absolute Gasteiger partial charge is 0.493 e. The Morgan fingerprint density at radius 3 is 2.76 bits per heavy atom. The third-order valence-electron chi connectivity index (χ3n) is 2.93. The Kier molecular flexibility index (Phi) is 5.76. The van der Waals surface area contributed by atoms with Crippen molar-refractivity contribution in [3.05, 3.63) is 53.9 Å². The van der Waals surface area contributed by atoms with Gasteiger partial charge in [-0.25, -0.2) is 0 Å². The quantitative estimate of drug-likeness (QED) is 0.698. The van der Waals surface area contributed by atoms with Crippen LogP contribution in [0.25, 0.3) is 0 Å². The van der Waals surface area contributed by atoms with Crippen LogP contribution in [-0.2, 0) is 6.42 Å². The fraction of sp³-hybridized carbons (Fsp3) is 0.294. The van der Waals surface area contributed by atoms with E-state index in [1.807, 2.05) is 25.1 Å². The second kappa shape index (κ2) is 8.04. The lowest BCUT2D eigenvalue weighted by Gasteiger charge is -2.11. The SMILES string of the molecule is CCCOc1ccc(C=O)c(OCCc2ccccn2)c1. The molecule has 4 heteroatoms. The first-order valence-corrected chi connectivity index (χ1v) is 7.08. The van der Waals surface area contributed by atoms with Gasteiger partial charge in [-0.3, -0.25) is 9.78 Å². The first kappa shape index (κ1) is 15.0. The van der Waals surface area contributed by atoms with E-state index in [4.69, 9.17) is 9.47 Å². The summed E-state index contributed by atoms with van der Waals surface area (Å²) in [5.41, 5.74) is 1.49. The molecule has 2 rings (SSSR count). The highest BCUT2D eigenvalue weighted by atomic mass is 16.5. The summed E-state index contributed by atoms with van der Waals surface area (Å²) in [6.45, 7) is 3.16. The number of aldehydes is 1. The van der Waals surface area contributed by atoms with Gasteiger partial charge in [0.25, 0.3) is 0 Å². The normalized spacial score (nSPS) is 10.1. The molecule has 0 spiro atoms. The summed E-state index contributed by atoms with van der Waals surface area (Å²) in [7, 11) is 0. The molecule has 0 amide bonds. The average molecular weight is 285 g/mol. The Morgan fingerprint density at radius 2 is 2.05 bits per heavy atom. The van der Waals surface area contributed by atoms with Crippen molar-refractivity contribution in [2.75, 3.05) is 13.2 Å². The van der Waals surface area contributed by atoms with E-state index in [0.717, 1.165) is 24.2 Å². The van der Waals surface area contributed by atoms with E-state index in [9.17, 15) is 4.79 Å². The molecule has 0 saturated heterocycles. The number of pyridine rings is 1. The summed E-state index contributed by atoms with van der Waals surface area (Å²) in [6, 6.07) is 11.0. The van der Waals surface area contributed by atoms with Crippen molar-refractivity contribution in [3.63, 3.8) is 0 Å². The fourth-order valence-electron chi connectivity index (χ4n) is 1.86. The zero-order valence-electron chi connectivity index (χ0n) is 12.1. The molecule has 0 bridgehead atoms. The Balaban J connectivity index is 1.98. The monoisotopic (exact) mass is 285 g/mol. The molecule has 0 atom stereocenters. The summed E-state index contributed by atoms with van der Waals surface area (Å²) in [4.78, 5) is 15.3. The molecule has 2 aromatic rings. The summed E-state index contributed by atoms with van der Waals surface area (Å²) in [5, 5.41) is 0. The minimum Gasteiger partial charge on any atom is -0.493 e. The van der Waals surface area contributed by atoms with Crippen molar-refractivity contribution < 1.29 is 14.3 Å². The highest BCUT2D eigenvalue weighted by Gasteiger charge is 2.06. The highest BCUT2D eigenvalue weighted by molar-refractivity contribution is 5.79. The Morgan fingerprint density at radius 1 is 1.14 bits per heavy atom. The van der Waals surface area contributed by atoms with Crippen LogP contribution in [0.15, 0.2) is 42.6 Å². The number of nitrogens with zero attached hydrogens (tertiary/aromatic N) is 1. The molecule has 0 aliphatic heterocycles. The molecule has 0 radical (unpaired) electrons. The smallest absolute Gasteiger partial charge is 0.153 e. The van der Waals surface area contributed by atoms with Crippen molar-refractivity contribution in [1.82, 2.24) is 4.98 Å². The second-order valence-electron chi connectivity index (χ2n) is 4.59. The van der Waals surface area contributed by atoms with Gasteiger partial charge in [-0.05, 0) is 30.7 Å². The van der Waals surface area contributed by atoms with E-state index >= 15 is 0 Å². The van der Waals surface area contributed by atoms with Crippen LogP contribution in [0.4, 0.5) is 0 Å². The number of carbonyl (C=O) groups is 1. The van der Waals surface area contributed by atoms with Gasteiger partial charge in [-0.15, -0.1) is 0 Å². The molecule has 110 valence electrons. The van der Waals surface area contributed by atoms with Crippen molar-refractivity contribution in [2.24, 2.45) is 0 Å². The topological polar surface area (TPSA) is 48.4 Å². The first-order valence-electron chi connectivity index (χ1n) is 7.08. The number of ether oxygens (including phenoxy) is 2. The number of hydrogen-bond donors (Lipinski definition) is 0. The molecule has 0 saturated carbocycles. The molecule has 4 nitrogen and oxygen atoms in total.